The van der Waals surface area contributed by atoms with E-state index in [1.54, 1.807) is 0 Å². The van der Waals surface area contributed by atoms with E-state index < -0.39 is 5.97 Å². The van der Waals surface area contributed by atoms with Crippen LogP contribution in [-0.2, 0) is 9.53 Å². The lowest BCUT2D eigenvalue weighted by Gasteiger charge is -2.33. The standard InChI is InChI=1S/C27H53NO3/c1-5-7-8-9-10-11-12-13-14-15-16-17-18-19-21-26(31-24-6-2)25-28(3,4)23-20-22-27(29)30/h6,26H,2,5,7-25H2,1,3-4H3. The number of carboxylic acid groups (broad SMARTS) is 1. The zero-order valence-electron chi connectivity index (χ0n) is 21.2. The molecular weight excluding hydrogens is 386 g/mol. The van der Waals surface area contributed by atoms with Crippen molar-refractivity contribution in [2.24, 2.45) is 0 Å². The van der Waals surface area contributed by atoms with E-state index >= 15 is 0 Å². The number of quaternary nitrogens is 1. The number of hydrogen-bond donors (Lipinski definition) is 0. The van der Waals surface area contributed by atoms with Crippen LogP contribution >= 0.6 is 0 Å². The first-order valence-corrected chi connectivity index (χ1v) is 13.2. The first-order valence-electron chi connectivity index (χ1n) is 13.2. The molecule has 4 nitrogen and oxygen atoms in total. The predicted molar refractivity (Wildman–Crippen MR) is 131 cm³/mol. The molecule has 0 aliphatic rings. The summed E-state index contributed by atoms with van der Waals surface area (Å²) in [5.41, 5.74) is 0. The summed E-state index contributed by atoms with van der Waals surface area (Å²) < 4.78 is 6.79. The molecule has 0 amide bonds. The van der Waals surface area contributed by atoms with Gasteiger partial charge in [-0.25, -0.2) is 0 Å². The van der Waals surface area contributed by atoms with Crippen molar-refractivity contribution >= 4 is 5.97 Å². The molecule has 0 aliphatic carbocycles. The highest BCUT2D eigenvalue weighted by Gasteiger charge is 2.22. The number of carbonyl (C=O) groups excluding carboxylic acids is 1. The molecule has 0 bridgehead atoms. The molecule has 0 radical (unpaired) electrons. The second kappa shape index (κ2) is 21.0. The SMILES string of the molecule is C=CCOC(CCCCCCCCCCCCCCCC)C[N+](C)(C)CCCC(=O)[O-]. The fourth-order valence-corrected chi connectivity index (χ4v) is 4.29. The highest BCUT2D eigenvalue weighted by molar-refractivity contribution is 5.64. The highest BCUT2D eigenvalue weighted by atomic mass is 16.5. The monoisotopic (exact) mass is 439 g/mol. The van der Waals surface area contributed by atoms with Crippen LogP contribution in [0.25, 0.3) is 0 Å². The summed E-state index contributed by atoms with van der Waals surface area (Å²) in [7, 11) is 4.31. The Hall–Kier alpha value is -0.870. The molecule has 4 heteroatoms. The first-order chi connectivity index (χ1) is 14.9. The van der Waals surface area contributed by atoms with E-state index in [2.05, 4.69) is 27.6 Å². The third-order valence-corrected chi connectivity index (χ3v) is 6.17. The van der Waals surface area contributed by atoms with Gasteiger partial charge in [-0.05, 0) is 12.8 Å². The molecule has 0 saturated carbocycles. The fraction of sp³-hybridized carbons (Fsp3) is 0.889. The molecule has 0 spiro atoms. The van der Waals surface area contributed by atoms with E-state index in [9.17, 15) is 9.90 Å². The topological polar surface area (TPSA) is 49.4 Å². The van der Waals surface area contributed by atoms with E-state index in [-0.39, 0.29) is 12.5 Å². The Balaban J connectivity index is 3.77. The van der Waals surface area contributed by atoms with E-state index in [1.165, 1.54) is 89.9 Å². The van der Waals surface area contributed by atoms with Gasteiger partial charge in [0, 0.05) is 12.4 Å². The summed E-state index contributed by atoms with van der Waals surface area (Å²) in [6.07, 6.45) is 23.2. The number of aliphatic carboxylic acids is 1. The number of carbonyl (C=O) groups is 1. The highest BCUT2D eigenvalue weighted by Crippen LogP contribution is 2.16. The second-order valence-corrected chi connectivity index (χ2v) is 9.95. The molecule has 0 aliphatic heterocycles. The van der Waals surface area contributed by atoms with Crippen molar-refractivity contribution in [3.63, 3.8) is 0 Å². The van der Waals surface area contributed by atoms with Gasteiger partial charge in [-0.15, -0.1) is 6.58 Å². The molecule has 1 atom stereocenters. The maximum atomic E-state index is 10.7. The summed E-state index contributed by atoms with van der Waals surface area (Å²) >= 11 is 0. The third kappa shape index (κ3) is 22.1. The number of likely N-dealkylation sites (N-methyl/N-ethyl adjacent to an activating group) is 1. The van der Waals surface area contributed by atoms with Crippen molar-refractivity contribution in [3.05, 3.63) is 12.7 Å². The van der Waals surface area contributed by atoms with E-state index in [1.807, 2.05) is 6.08 Å². The van der Waals surface area contributed by atoms with Gasteiger partial charge in [-0.3, -0.25) is 0 Å². The summed E-state index contributed by atoms with van der Waals surface area (Å²) in [6.45, 7) is 8.38. The third-order valence-electron chi connectivity index (χ3n) is 6.17. The Labute approximate surface area is 194 Å². The van der Waals surface area contributed by atoms with Gasteiger partial charge < -0.3 is 19.1 Å². The zero-order valence-corrected chi connectivity index (χ0v) is 21.2. The molecule has 184 valence electrons. The van der Waals surface area contributed by atoms with Gasteiger partial charge in [0.2, 0.25) is 0 Å². The van der Waals surface area contributed by atoms with E-state index in [0.29, 0.717) is 13.0 Å². The number of nitrogens with zero attached hydrogens (tertiary/aromatic N) is 1. The van der Waals surface area contributed by atoms with Crippen LogP contribution in [0, 0.1) is 0 Å². The van der Waals surface area contributed by atoms with Gasteiger partial charge in [0.25, 0.3) is 0 Å². The molecule has 0 rings (SSSR count). The number of ether oxygens (including phenoxy) is 1. The van der Waals surface area contributed by atoms with Crippen LogP contribution in [0.2, 0.25) is 0 Å². The van der Waals surface area contributed by atoms with Crippen LogP contribution in [0.5, 0.6) is 0 Å². The molecule has 0 aromatic carbocycles. The van der Waals surface area contributed by atoms with Gasteiger partial charge in [-0.1, -0.05) is 103 Å². The summed E-state index contributed by atoms with van der Waals surface area (Å²) in [4.78, 5) is 10.7. The summed E-state index contributed by atoms with van der Waals surface area (Å²) in [6, 6.07) is 0. The maximum absolute atomic E-state index is 10.7. The van der Waals surface area contributed by atoms with Crippen molar-refractivity contribution in [1.29, 1.82) is 0 Å². The number of rotatable bonds is 24. The van der Waals surface area contributed by atoms with Crippen LogP contribution < -0.4 is 5.11 Å². The van der Waals surface area contributed by atoms with Crippen molar-refractivity contribution in [3.8, 4) is 0 Å². The van der Waals surface area contributed by atoms with Gasteiger partial charge >= 0.3 is 0 Å². The molecule has 0 saturated heterocycles. The molecule has 0 fully saturated rings. The number of hydrogen-bond acceptors (Lipinski definition) is 3. The molecular formula is C27H53NO3. The average molecular weight is 440 g/mol. The van der Waals surface area contributed by atoms with E-state index in [0.717, 1.165) is 24.0 Å². The molecule has 0 aromatic heterocycles. The lowest BCUT2D eigenvalue weighted by atomic mass is 10.0. The largest absolute Gasteiger partial charge is 0.550 e. The van der Waals surface area contributed by atoms with Crippen molar-refractivity contribution in [2.45, 2.75) is 122 Å². The van der Waals surface area contributed by atoms with Gasteiger partial charge in [0.15, 0.2) is 0 Å². The Morgan fingerprint density at radius 3 is 1.81 bits per heavy atom. The van der Waals surface area contributed by atoms with Crippen LogP contribution in [0.4, 0.5) is 0 Å². The van der Waals surface area contributed by atoms with Crippen LogP contribution in [0.3, 0.4) is 0 Å². The second-order valence-electron chi connectivity index (χ2n) is 9.95. The Kier molecular flexibility index (Phi) is 20.4. The minimum Gasteiger partial charge on any atom is -0.550 e. The molecule has 31 heavy (non-hydrogen) atoms. The van der Waals surface area contributed by atoms with Gasteiger partial charge in [0.1, 0.15) is 12.6 Å². The van der Waals surface area contributed by atoms with Crippen molar-refractivity contribution in [2.75, 3.05) is 33.8 Å². The number of carboxylic acids is 1. The minimum atomic E-state index is -0.957. The zero-order chi connectivity index (χ0) is 23.2. The normalized spacial score (nSPS) is 12.7. The Morgan fingerprint density at radius 1 is 0.871 bits per heavy atom. The Morgan fingerprint density at radius 2 is 1.35 bits per heavy atom. The van der Waals surface area contributed by atoms with Gasteiger partial charge in [-0.2, -0.15) is 0 Å². The van der Waals surface area contributed by atoms with E-state index in [4.69, 9.17) is 4.74 Å². The van der Waals surface area contributed by atoms with Crippen molar-refractivity contribution in [1.82, 2.24) is 0 Å². The minimum absolute atomic E-state index is 0.138. The predicted octanol–water partition coefficient (Wildman–Crippen LogP) is 6.04. The van der Waals surface area contributed by atoms with Crippen LogP contribution in [0.1, 0.15) is 116 Å². The fourth-order valence-electron chi connectivity index (χ4n) is 4.29. The summed E-state index contributed by atoms with van der Waals surface area (Å²) in [5.74, 6) is -0.957. The Bertz CT molecular complexity index is 423. The molecule has 0 N–H and O–H groups in total. The average Bonchev–Trinajstić information content (AvgIpc) is 2.71. The van der Waals surface area contributed by atoms with Crippen molar-refractivity contribution < 1.29 is 19.1 Å². The number of unbranched alkanes of at least 4 members (excludes halogenated alkanes) is 13. The lowest BCUT2D eigenvalue weighted by molar-refractivity contribution is -0.893. The quantitative estimate of drug-likeness (QED) is 0.105. The van der Waals surface area contributed by atoms with Crippen LogP contribution in [0.15, 0.2) is 12.7 Å². The van der Waals surface area contributed by atoms with Crippen LogP contribution in [-0.4, -0.2) is 50.3 Å². The molecule has 1 unspecified atom stereocenters. The summed E-state index contributed by atoms with van der Waals surface area (Å²) in [5, 5.41) is 10.7. The molecule has 0 aromatic rings. The smallest absolute Gasteiger partial charge is 0.107 e. The first kappa shape index (κ1) is 30.1. The maximum Gasteiger partial charge on any atom is 0.107 e. The molecule has 0 heterocycles. The van der Waals surface area contributed by atoms with Gasteiger partial charge in [0.05, 0.1) is 27.2 Å². The lowest BCUT2D eigenvalue weighted by Crippen LogP contribution is -2.47.